The highest BCUT2D eigenvalue weighted by Gasteiger charge is 2.22. The van der Waals surface area contributed by atoms with Gasteiger partial charge in [-0.25, -0.2) is 0 Å². The maximum absolute atomic E-state index is 12.4. The molecule has 0 spiro atoms. The van der Waals surface area contributed by atoms with E-state index in [1.807, 2.05) is 20.8 Å². The maximum Gasteiger partial charge on any atom is 0.245 e. The Balaban J connectivity index is 2.59. The summed E-state index contributed by atoms with van der Waals surface area (Å²) in [6, 6.07) is 1.57. The van der Waals surface area contributed by atoms with Gasteiger partial charge in [0, 0.05) is 19.0 Å². The van der Waals surface area contributed by atoms with E-state index in [2.05, 4.69) is 21.9 Å². The standard InChI is InChI=1S/C16H27N3O3/c1-5-6-7-9-19(15(21)11-16(2,3)4)12-14(20)17-13-8-10-22-18-13/h8,10H,5-7,9,11-12H2,1-4H3,(H,17,18,20). The topological polar surface area (TPSA) is 75.4 Å². The fraction of sp³-hybridized carbons (Fsp3) is 0.688. The molecule has 0 unspecified atom stereocenters. The number of nitrogens with zero attached hydrogens (tertiary/aromatic N) is 2. The summed E-state index contributed by atoms with van der Waals surface area (Å²) in [5, 5.41) is 6.26. The number of rotatable bonds is 8. The van der Waals surface area contributed by atoms with E-state index in [-0.39, 0.29) is 23.8 Å². The molecule has 1 rings (SSSR count). The fourth-order valence-corrected chi connectivity index (χ4v) is 2.04. The van der Waals surface area contributed by atoms with Crippen molar-refractivity contribution in [3.63, 3.8) is 0 Å². The van der Waals surface area contributed by atoms with Crippen molar-refractivity contribution in [2.24, 2.45) is 5.41 Å². The van der Waals surface area contributed by atoms with E-state index in [0.717, 1.165) is 19.3 Å². The summed E-state index contributed by atoms with van der Waals surface area (Å²) in [5.41, 5.74) is -0.0946. The first-order valence-electron chi connectivity index (χ1n) is 7.80. The largest absolute Gasteiger partial charge is 0.363 e. The number of nitrogens with one attached hydrogen (secondary N) is 1. The minimum absolute atomic E-state index is 0.0129. The highest BCUT2D eigenvalue weighted by Crippen LogP contribution is 2.20. The number of hydrogen-bond acceptors (Lipinski definition) is 4. The van der Waals surface area contributed by atoms with E-state index in [1.54, 1.807) is 11.0 Å². The van der Waals surface area contributed by atoms with Crippen LogP contribution in [0.4, 0.5) is 5.82 Å². The predicted octanol–water partition coefficient (Wildman–Crippen LogP) is 3.07. The first-order chi connectivity index (χ1) is 10.3. The molecule has 0 aliphatic heterocycles. The van der Waals surface area contributed by atoms with E-state index >= 15 is 0 Å². The Hall–Kier alpha value is -1.85. The first kappa shape index (κ1) is 18.2. The van der Waals surface area contributed by atoms with E-state index in [4.69, 9.17) is 0 Å². The molecule has 0 fully saturated rings. The second kappa shape index (κ2) is 8.56. The highest BCUT2D eigenvalue weighted by molar-refractivity contribution is 5.93. The van der Waals surface area contributed by atoms with Crippen LogP contribution >= 0.6 is 0 Å². The molecule has 124 valence electrons. The van der Waals surface area contributed by atoms with Crippen LogP contribution in [0, 0.1) is 5.41 Å². The lowest BCUT2D eigenvalue weighted by molar-refractivity contribution is -0.136. The number of hydrogen-bond donors (Lipinski definition) is 1. The molecule has 0 aliphatic rings. The molecule has 1 aromatic heterocycles. The second-order valence-electron chi connectivity index (χ2n) is 6.69. The molecule has 0 aromatic carbocycles. The zero-order valence-corrected chi connectivity index (χ0v) is 14.0. The summed E-state index contributed by atoms with van der Waals surface area (Å²) in [4.78, 5) is 26.1. The normalized spacial score (nSPS) is 11.3. The molecule has 0 bridgehead atoms. The Morgan fingerprint density at radius 3 is 2.59 bits per heavy atom. The monoisotopic (exact) mass is 309 g/mol. The minimum atomic E-state index is -0.257. The number of unbranched alkanes of at least 4 members (excludes halogenated alkanes) is 2. The van der Waals surface area contributed by atoms with Gasteiger partial charge in [0.15, 0.2) is 5.82 Å². The molecule has 6 nitrogen and oxygen atoms in total. The van der Waals surface area contributed by atoms with E-state index in [9.17, 15) is 9.59 Å². The Kier molecular flexibility index (Phi) is 7.08. The Bertz CT molecular complexity index is 463. The fourth-order valence-electron chi connectivity index (χ4n) is 2.04. The molecule has 1 aromatic rings. The Morgan fingerprint density at radius 2 is 2.05 bits per heavy atom. The Morgan fingerprint density at radius 1 is 1.32 bits per heavy atom. The van der Waals surface area contributed by atoms with Gasteiger partial charge in [0.1, 0.15) is 6.26 Å². The molecular formula is C16H27N3O3. The zero-order chi connectivity index (χ0) is 16.6. The van der Waals surface area contributed by atoms with Crippen LogP contribution in [-0.4, -0.2) is 35.0 Å². The van der Waals surface area contributed by atoms with Crippen molar-refractivity contribution in [2.45, 2.75) is 53.4 Å². The average Bonchev–Trinajstić information content (AvgIpc) is 2.88. The molecule has 1 N–H and O–H groups in total. The number of carbonyl (C=O) groups excluding carboxylic acids is 2. The maximum atomic E-state index is 12.4. The van der Waals surface area contributed by atoms with Crippen LogP contribution in [0.5, 0.6) is 0 Å². The summed E-state index contributed by atoms with van der Waals surface area (Å²) in [6.45, 7) is 8.82. The van der Waals surface area contributed by atoms with Crippen LogP contribution < -0.4 is 5.32 Å². The van der Waals surface area contributed by atoms with Crippen molar-refractivity contribution in [3.05, 3.63) is 12.3 Å². The quantitative estimate of drug-likeness (QED) is 0.749. The average molecular weight is 309 g/mol. The molecule has 0 saturated carbocycles. The van der Waals surface area contributed by atoms with E-state index in [1.165, 1.54) is 6.26 Å². The van der Waals surface area contributed by atoms with Gasteiger partial charge in [-0.05, 0) is 11.8 Å². The third-order valence-corrected chi connectivity index (χ3v) is 3.11. The number of amides is 2. The molecule has 0 aliphatic carbocycles. The van der Waals surface area contributed by atoms with E-state index < -0.39 is 0 Å². The first-order valence-corrected chi connectivity index (χ1v) is 7.80. The van der Waals surface area contributed by atoms with Crippen LogP contribution in [0.3, 0.4) is 0 Å². The lowest BCUT2D eigenvalue weighted by Crippen LogP contribution is -2.40. The SMILES string of the molecule is CCCCCN(CC(=O)Nc1ccon1)C(=O)CC(C)(C)C. The molecule has 0 saturated heterocycles. The van der Waals surface area contributed by atoms with Crippen molar-refractivity contribution < 1.29 is 14.1 Å². The lowest BCUT2D eigenvalue weighted by Gasteiger charge is -2.26. The van der Waals surface area contributed by atoms with Gasteiger partial charge in [-0.15, -0.1) is 0 Å². The van der Waals surface area contributed by atoms with Crippen molar-refractivity contribution in [1.82, 2.24) is 10.1 Å². The van der Waals surface area contributed by atoms with Gasteiger partial charge >= 0.3 is 0 Å². The van der Waals surface area contributed by atoms with Crippen LogP contribution in [0.1, 0.15) is 53.4 Å². The summed E-state index contributed by atoms with van der Waals surface area (Å²) in [6.07, 6.45) is 4.84. The third-order valence-electron chi connectivity index (χ3n) is 3.11. The van der Waals surface area contributed by atoms with Gasteiger partial charge in [0.2, 0.25) is 11.8 Å². The van der Waals surface area contributed by atoms with Gasteiger partial charge in [-0.1, -0.05) is 45.7 Å². The van der Waals surface area contributed by atoms with Crippen LogP contribution in [0.25, 0.3) is 0 Å². The predicted molar refractivity (Wildman–Crippen MR) is 85.3 cm³/mol. The molecule has 1 heterocycles. The van der Waals surface area contributed by atoms with Crippen molar-refractivity contribution in [2.75, 3.05) is 18.4 Å². The molecule has 0 radical (unpaired) electrons. The minimum Gasteiger partial charge on any atom is -0.363 e. The van der Waals surface area contributed by atoms with Gasteiger partial charge in [-0.3, -0.25) is 9.59 Å². The molecular weight excluding hydrogens is 282 g/mol. The molecule has 22 heavy (non-hydrogen) atoms. The van der Waals surface area contributed by atoms with E-state index in [0.29, 0.717) is 18.8 Å². The Labute approximate surface area is 132 Å². The van der Waals surface area contributed by atoms with Gasteiger partial charge in [-0.2, -0.15) is 0 Å². The number of aromatic nitrogens is 1. The highest BCUT2D eigenvalue weighted by atomic mass is 16.5. The zero-order valence-electron chi connectivity index (χ0n) is 14.0. The second-order valence-corrected chi connectivity index (χ2v) is 6.69. The smallest absolute Gasteiger partial charge is 0.245 e. The lowest BCUT2D eigenvalue weighted by atomic mass is 9.91. The third kappa shape index (κ3) is 7.24. The van der Waals surface area contributed by atoms with Gasteiger partial charge in [0.25, 0.3) is 0 Å². The van der Waals surface area contributed by atoms with Crippen molar-refractivity contribution >= 4 is 17.6 Å². The van der Waals surface area contributed by atoms with Crippen LogP contribution in [-0.2, 0) is 9.59 Å². The number of anilines is 1. The summed E-state index contributed by atoms with van der Waals surface area (Å²) < 4.78 is 4.67. The van der Waals surface area contributed by atoms with Crippen molar-refractivity contribution in [3.8, 4) is 0 Å². The molecule has 6 heteroatoms. The summed E-state index contributed by atoms with van der Waals surface area (Å²) >= 11 is 0. The number of carbonyl (C=O) groups is 2. The van der Waals surface area contributed by atoms with Gasteiger partial charge < -0.3 is 14.7 Å². The molecule has 0 atom stereocenters. The summed E-state index contributed by atoms with van der Waals surface area (Å²) in [5.74, 6) is 0.119. The van der Waals surface area contributed by atoms with Crippen LogP contribution in [0.15, 0.2) is 16.9 Å². The molecule has 2 amide bonds. The summed E-state index contributed by atoms with van der Waals surface area (Å²) in [7, 11) is 0. The van der Waals surface area contributed by atoms with Gasteiger partial charge in [0.05, 0.1) is 6.54 Å². The van der Waals surface area contributed by atoms with Crippen molar-refractivity contribution in [1.29, 1.82) is 0 Å². The van der Waals surface area contributed by atoms with Crippen LogP contribution in [0.2, 0.25) is 0 Å².